The number of carbonyl (C=O) groups excluding carboxylic acids is 1. The first-order valence-electron chi connectivity index (χ1n) is 4.18. The molecule has 0 amide bonds. The van der Waals surface area contributed by atoms with Crippen molar-refractivity contribution in [3.05, 3.63) is 41.2 Å². The van der Waals surface area contributed by atoms with Crippen molar-refractivity contribution < 1.29 is 9.18 Å². The predicted molar refractivity (Wildman–Crippen MR) is 50.7 cm³/mol. The third-order valence-corrected chi connectivity index (χ3v) is 1.81. The van der Waals surface area contributed by atoms with Gasteiger partial charge in [0.2, 0.25) is 0 Å². The number of hydrogen-bond acceptors (Lipinski definition) is 1. The number of allylic oxidation sites excluding steroid dienone is 1. The van der Waals surface area contributed by atoms with Crippen LogP contribution in [0.5, 0.6) is 0 Å². The molecular weight excluding hydrogens is 167 g/mol. The van der Waals surface area contributed by atoms with Crippen molar-refractivity contribution in [3.8, 4) is 0 Å². The Bertz CT molecular complexity index is 329. The highest BCUT2D eigenvalue weighted by Gasteiger charge is 1.98. The molecule has 0 atom stereocenters. The smallest absolute Gasteiger partial charge is 0.146 e. The van der Waals surface area contributed by atoms with Gasteiger partial charge in [0.1, 0.15) is 12.1 Å². The lowest BCUT2D eigenvalue weighted by atomic mass is 10.1. The molecule has 0 bridgehead atoms. The van der Waals surface area contributed by atoms with Gasteiger partial charge >= 0.3 is 0 Å². The van der Waals surface area contributed by atoms with Crippen LogP contribution in [0.2, 0.25) is 0 Å². The molecule has 1 nitrogen and oxygen atoms in total. The molecule has 0 fully saturated rings. The van der Waals surface area contributed by atoms with Crippen LogP contribution in [0.1, 0.15) is 18.9 Å². The normalized spacial score (nSPS) is 11.4. The lowest BCUT2D eigenvalue weighted by molar-refractivity contribution is -0.104. The first-order chi connectivity index (χ1) is 6.27. The van der Waals surface area contributed by atoms with Crippen LogP contribution in [0.4, 0.5) is 4.39 Å². The summed E-state index contributed by atoms with van der Waals surface area (Å²) >= 11 is 0. The van der Waals surface area contributed by atoms with Gasteiger partial charge in [-0.25, -0.2) is 4.39 Å². The number of halogens is 1. The summed E-state index contributed by atoms with van der Waals surface area (Å²) in [6.07, 6.45) is 2.95. The van der Waals surface area contributed by atoms with Gasteiger partial charge < -0.3 is 0 Å². The Labute approximate surface area is 76.9 Å². The van der Waals surface area contributed by atoms with Gasteiger partial charge in [0.25, 0.3) is 0 Å². The zero-order valence-electron chi connectivity index (χ0n) is 7.46. The Morgan fingerprint density at radius 3 is 2.69 bits per heavy atom. The summed E-state index contributed by atoms with van der Waals surface area (Å²) in [7, 11) is 0. The largest absolute Gasteiger partial charge is 0.298 e. The first kappa shape index (κ1) is 9.65. The quantitative estimate of drug-likeness (QED) is 0.513. The Hall–Kier alpha value is -1.44. The topological polar surface area (TPSA) is 17.1 Å². The summed E-state index contributed by atoms with van der Waals surface area (Å²) in [5.74, 6) is -0.296. The molecule has 1 rings (SSSR count). The highest BCUT2D eigenvalue weighted by Crippen LogP contribution is 2.11. The van der Waals surface area contributed by atoms with Crippen LogP contribution in [-0.2, 0) is 4.79 Å². The zero-order chi connectivity index (χ0) is 9.68. The van der Waals surface area contributed by atoms with Crippen molar-refractivity contribution in [2.75, 3.05) is 0 Å². The van der Waals surface area contributed by atoms with Gasteiger partial charge in [-0.3, -0.25) is 4.79 Å². The molecule has 0 heterocycles. The maximum absolute atomic E-state index is 13.1. The number of rotatable bonds is 3. The van der Waals surface area contributed by atoms with Gasteiger partial charge in [-0.05, 0) is 24.1 Å². The number of benzene rings is 1. The van der Waals surface area contributed by atoms with E-state index in [1.165, 1.54) is 6.07 Å². The second-order valence-corrected chi connectivity index (χ2v) is 2.71. The summed E-state index contributed by atoms with van der Waals surface area (Å²) in [4.78, 5) is 10.5. The van der Waals surface area contributed by atoms with Crippen LogP contribution in [0.15, 0.2) is 29.8 Å². The van der Waals surface area contributed by atoms with Crippen LogP contribution in [0, 0.1) is 5.82 Å². The van der Waals surface area contributed by atoms with Crippen LogP contribution in [0.3, 0.4) is 0 Å². The number of hydrogen-bond donors (Lipinski definition) is 0. The van der Waals surface area contributed by atoms with E-state index in [9.17, 15) is 9.18 Å². The van der Waals surface area contributed by atoms with Crippen LogP contribution < -0.4 is 0 Å². The Kier molecular flexibility index (Phi) is 3.38. The summed E-state index contributed by atoms with van der Waals surface area (Å²) in [6, 6.07) is 6.39. The molecule has 0 N–H and O–H groups in total. The fourth-order valence-corrected chi connectivity index (χ4v) is 1.01. The summed E-state index contributed by atoms with van der Waals surface area (Å²) in [5, 5.41) is 0. The molecular formula is C11H11FO. The standard InChI is InChI=1S/C11H11FO/c1-2-9(8-13)7-10-5-3-4-6-11(10)12/h3-8H,2H2,1H3. The van der Waals surface area contributed by atoms with E-state index in [1.807, 2.05) is 6.92 Å². The van der Waals surface area contributed by atoms with Crippen molar-refractivity contribution in [2.24, 2.45) is 0 Å². The molecule has 68 valence electrons. The maximum atomic E-state index is 13.1. The van der Waals surface area contributed by atoms with Crippen LogP contribution in [-0.4, -0.2) is 6.29 Å². The fourth-order valence-electron chi connectivity index (χ4n) is 1.01. The molecule has 0 unspecified atom stereocenters. The third-order valence-electron chi connectivity index (χ3n) is 1.81. The Balaban J connectivity index is 3.02. The molecule has 2 heteroatoms. The van der Waals surface area contributed by atoms with Gasteiger partial charge in [-0.15, -0.1) is 0 Å². The Morgan fingerprint density at radius 1 is 1.46 bits per heavy atom. The van der Waals surface area contributed by atoms with Gasteiger partial charge in [0.15, 0.2) is 0 Å². The van der Waals surface area contributed by atoms with E-state index in [2.05, 4.69) is 0 Å². The number of carbonyl (C=O) groups is 1. The van der Waals surface area contributed by atoms with Crippen molar-refractivity contribution in [1.82, 2.24) is 0 Å². The summed E-state index contributed by atoms with van der Waals surface area (Å²) in [5.41, 5.74) is 1.07. The molecule has 0 saturated heterocycles. The maximum Gasteiger partial charge on any atom is 0.146 e. The molecule has 0 aliphatic heterocycles. The van der Waals surface area contributed by atoms with E-state index < -0.39 is 0 Å². The molecule has 0 aliphatic rings. The van der Waals surface area contributed by atoms with E-state index in [-0.39, 0.29) is 5.82 Å². The second kappa shape index (κ2) is 4.55. The molecule has 1 aromatic rings. The van der Waals surface area contributed by atoms with Gasteiger partial charge in [-0.2, -0.15) is 0 Å². The average molecular weight is 178 g/mol. The van der Waals surface area contributed by atoms with E-state index in [4.69, 9.17) is 0 Å². The summed E-state index contributed by atoms with van der Waals surface area (Å²) in [6.45, 7) is 1.86. The van der Waals surface area contributed by atoms with E-state index >= 15 is 0 Å². The fraction of sp³-hybridized carbons (Fsp3) is 0.182. The minimum atomic E-state index is -0.296. The molecule has 13 heavy (non-hydrogen) atoms. The number of aldehydes is 1. The summed E-state index contributed by atoms with van der Waals surface area (Å²) < 4.78 is 13.1. The van der Waals surface area contributed by atoms with Gasteiger partial charge in [0, 0.05) is 5.56 Å². The predicted octanol–water partition coefficient (Wildman–Crippen LogP) is 2.82. The van der Waals surface area contributed by atoms with Crippen molar-refractivity contribution in [3.63, 3.8) is 0 Å². The van der Waals surface area contributed by atoms with E-state index in [0.717, 1.165) is 6.29 Å². The van der Waals surface area contributed by atoms with Gasteiger partial charge in [0.05, 0.1) is 0 Å². The monoisotopic (exact) mass is 178 g/mol. The SMILES string of the molecule is CCC(C=O)=Cc1ccccc1F. The Morgan fingerprint density at radius 2 is 2.15 bits per heavy atom. The lowest BCUT2D eigenvalue weighted by Crippen LogP contribution is -1.85. The van der Waals surface area contributed by atoms with Crippen LogP contribution >= 0.6 is 0 Å². The molecule has 0 radical (unpaired) electrons. The second-order valence-electron chi connectivity index (χ2n) is 2.71. The minimum Gasteiger partial charge on any atom is -0.298 e. The highest BCUT2D eigenvalue weighted by atomic mass is 19.1. The molecule has 0 spiro atoms. The minimum absolute atomic E-state index is 0.296. The van der Waals surface area contributed by atoms with Gasteiger partial charge in [-0.1, -0.05) is 25.1 Å². The zero-order valence-corrected chi connectivity index (χ0v) is 7.46. The molecule has 0 aliphatic carbocycles. The van der Waals surface area contributed by atoms with Crippen molar-refractivity contribution in [2.45, 2.75) is 13.3 Å². The van der Waals surface area contributed by atoms with Crippen molar-refractivity contribution in [1.29, 1.82) is 0 Å². The lowest BCUT2D eigenvalue weighted by Gasteiger charge is -1.97. The highest BCUT2D eigenvalue weighted by molar-refractivity contribution is 5.81. The first-order valence-corrected chi connectivity index (χ1v) is 4.18. The van der Waals surface area contributed by atoms with E-state index in [1.54, 1.807) is 24.3 Å². The average Bonchev–Trinajstić information content (AvgIpc) is 2.17. The van der Waals surface area contributed by atoms with E-state index in [0.29, 0.717) is 17.6 Å². The molecule has 0 saturated carbocycles. The third kappa shape index (κ3) is 2.51. The molecule has 1 aromatic carbocycles. The van der Waals surface area contributed by atoms with Crippen LogP contribution in [0.25, 0.3) is 6.08 Å². The van der Waals surface area contributed by atoms with Crippen molar-refractivity contribution >= 4 is 12.4 Å². The molecule has 0 aromatic heterocycles.